The summed E-state index contributed by atoms with van der Waals surface area (Å²) in [5.74, 6) is -0.612. The van der Waals surface area contributed by atoms with Gasteiger partial charge >= 0.3 is 11.9 Å². The lowest BCUT2D eigenvalue weighted by Gasteiger charge is -2.18. The van der Waals surface area contributed by atoms with E-state index in [1.165, 1.54) is 14.2 Å². The van der Waals surface area contributed by atoms with E-state index in [4.69, 9.17) is 0 Å². The second-order valence-electron chi connectivity index (χ2n) is 3.09. The molecular weight excluding hydrogens is 200 g/mol. The smallest absolute Gasteiger partial charge is 0.325 e. The predicted octanol–water partition coefficient (Wildman–Crippen LogP) is -0.621. The van der Waals surface area contributed by atoms with Crippen molar-refractivity contribution in [2.45, 2.75) is 0 Å². The number of nitrogens with zero attached hydrogens (tertiary/aromatic N) is 2. The molecule has 0 saturated heterocycles. The highest BCUT2D eigenvalue weighted by atomic mass is 16.5. The van der Waals surface area contributed by atoms with E-state index in [0.29, 0.717) is 6.67 Å². The molecule has 0 atom stereocenters. The number of hydrogen-bond donors (Lipinski definition) is 0. The highest BCUT2D eigenvalue weighted by Crippen LogP contribution is 2.05. The van der Waals surface area contributed by atoms with Crippen LogP contribution in [-0.2, 0) is 19.1 Å². The number of carbonyl (C=O) groups excluding carboxylic acids is 2. The fourth-order valence-electron chi connectivity index (χ4n) is 1.18. The van der Waals surface area contributed by atoms with Crippen molar-refractivity contribution in [3.05, 3.63) is 12.4 Å². The number of methoxy groups -OCH3 is 2. The largest absolute Gasteiger partial charge is 0.468 e. The van der Waals surface area contributed by atoms with E-state index >= 15 is 0 Å². The van der Waals surface area contributed by atoms with Gasteiger partial charge in [0.1, 0.15) is 13.1 Å². The Balaban J connectivity index is 2.31. The zero-order chi connectivity index (χ0) is 11.3. The lowest BCUT2D eigenvalue weighted by atomic mass is 10.5. The minimum absolute atomic E-state index is 0.185. The molecule has 0 unspecified atom stereocenters. The summed E-state index contributed by atoms with van der Waals surface area (Å²) in [5.41, 5.74) is 0. The second-order valence-corrected chi connectivity index (χ2v) is 3.09. The van der Waals surface area contributed by atoms with Gasteiger partial charge in [-0.1, -0.05) is 0 Å². The fourth-order valence-corrected chi connectivity index (χ4v) is 1.18. The van der Waals surface area contributed by atoms with Crippen LogP contribution >= 0.6 is 0 Å². The van der Waals surface area contributed by atoms with E-state index in [0.717, 1.165) is 0 Å². The summed E-state index contributed by atoms with van der Waals surface area (Å²) in [6, 6.07) is 0. The van der Waals surface area contributed by atoms with Crippen LogP contribution in [0.15, 0.2) is 12.4 Å². The van der Waals surface area contributed by atoms with Crippen molar-refractivity contribution in [3.8, 4) is 0 Å². The minimum atomic E-state index is -0.306. The van der Waals surface area contributed by atoms with Gasteiger partial charge < -0.3 is 19.3 Å². The average molecular weight is 214 g/mol. The Labute approximate surface area is 88.0 Å². The SMILES string of the molecule is COC(=O)CN1C=CN(CC(=O)OC)C1. The van der Waals surface area contributed by atoms with Gasteiger partial charge in [0.2, 0.25) is 0 Å². The molecule has 0 fully saturated rings. The van der Waals surface area contributed by atoms with Crippen LogP contribution in [0.4, 0.5) is 0 Å². The van der Waals surface area contributed by atoms with Gasteiger partial charge in [0.05, 0.1) is 20.9 Å². The molecule has 6 heteroatoms. The van der Waals surface area contributed by atoms with Gasteiger partial charge in [-0.2, -0.15) is 0 Å². The van der Waals surface area contributed by atoms with Crippen molar-refractivity contribution >= 4 is 11.9 Å². The maximum absolute atomic E-state index is 10.9. The van der Waals surface area contributed by atoms with E-state index < -0.39 is 0 Å². The first-order valence-corrected chi connectivity index (χ1v) is 4.45. The van der Waals surface area contributed by atoms with Gasteiger partial charge in [-0.05, 0) is 0 Å². The molecule has 0 aliphatic carbocycles. The average Bonchev–Trinajstić information content (AvgIpc) is 2.65. The lowest BCUT2D eigenvalue weighted by Crippen LogP contribution is -2.33. The Kier molecular flexibility index (Phi) is 3.96. The number of rotatable bonds is 4. The van der Waals surface area contributed by atoms with Gasteiger partial charge in [-0.15, -0.1) is 0 Å². The Morgan fingerprint density at radius 2 is 1.47 bits per heavy atom. The number of carbonyl (C=O) groups is 2. The highest BCUT2D eigenvalue weighted by molar-refractivity contribution is 5.72. The molecule has 1 rings (SSSR count). The Morgan fingerprint density at radius 3 is 1.80 bits per heavy atom. The van der Waals surface area contributed by atoms with Crippen LogP contribution in [0.5, 0.6) is 0 Å². The third-order valence-corrected chi connectivity index (χ3v) is 1.97. The van der Waals surface area contributed by atoms with Crippen LogP contribution in [0, 0.1) is 0 Å². The molecule has 0 amide bonds. The molecule has 0 aromatic heterocycles. The van der Waals surface area contributed by atoms with Crippen LogP contribution in [0.2, 0.25) is 0 Å². The van der Waals surface area contributed by atoms with Crippen LogP contribution in [-0.4, -0.2) is 55.7 Å². The van der Waals surface area contributed by atoms with E-state index in [2.05, 4.69) is 9.47 Å². The molecule has 0 radical (unpaired) electrons. The first kappa shape index (κ1) is 11.4. The van der Waals surface area contributed by atoms with Crippen LogP contribution in [0.25, 0.3) is 0 Å². The Morgan fingerprint density at radius 1 is 1.07 bits per heavy atom. The summed E-state index contributed by atoms with van der Waals surface area (Å²) < 4.78 is 9.05. The zero-order valence-corrected chi connectivity index (χ0v) is 8.80. The number of esters is 2. The minimum Gasteiger partial charge on any atom is -0.468 e. The molecule has 0 saturated carbocycles. The molecule has 1 aliphatic heterocycles. The van der Waals surface area contributed by atoms with Crippen molar-refractivity contribution in [2.24, 2.45) is 0 Å². The Bertz CT molecular complexity index is 251. The van der Waals surface area contributed by atoms with Gasteiger partial charge in [0.15, 0.2) is 0 Å². The monoisotopic (exact) mass is 214 g/mol. The standard InChI is InChI=1S/C9H14N2O4/c1-14-8(12)5-10-3-4-11(7-10)6-9(13)15-2/h3-4H,5-7H2,1-2H3. The maximum Gasteiger partial charge on any atom is 0.325 e. The van der Waals surface area contributed by atoms with E-state index in [1.807, 2.05) is 0 Å². The highest BCUT2D eigenvalue weighted by Gasteiger charge is 2.17. The number of ether oxygens (including phenoxy) is 2. The fraction of sp³-hybridized carbons (Fsp3) is 0.556. The predicted molar refractivity (Wildman–Crippen MR) is 51.5 cm³/mol. The molecule has 1 heterocycles. The molecule has 1 aliphatic rings. The Hall–Kier alpha value is -1.72. The van der Waals surface area contributed by atoms with Crippen molar-refractivity contribution < 1.29 is 19.1 Å². The topological polar surface area (TPSA) is 59.1 Å². The molecule has 0 spiro atoms. The molecule has 15 heavy (non-hydrogen) atoms. The second kappa shape index (κ2) is 5.23. The molecule has 0 N–H and O–H groups in total. The van der Waals surface area contributed by atoms with Crippen molar-refractivity contribution in [1.82, 2.24) is 9.80 Å². The summed E-state index contributed by atoms with van der Waals surface area (Å²) in [6.07, 6.45) is 3.47. The molecule has 84 valence electrons. The lowest BCUT2D eigenvalue weighted by molar-refractivity contribution is -0.141. The third kappa shape index (κ3) is 3.49. The van der Waals surface area contributed by atoms with Gasteiger partial charge in [-0.25, -0.2) is 0 Å². The summed E-state index contributed by atoms with van der Waals surface area (Å²) >= 11 is 0. The van der Waals surface area contributed by atoms with Gasteiger partial charge in [0, 0.05) is 12.4 Å². The summed E-state index contributed by atoms with van der Waals surface area (Å²) in [7, 11) is 2.68. The maximum atomic E-state index is 10.9. The molecular formula is C9H14N2O4. The zero-order valence-electron chi connectivity index (χ0n) is 8.80. The normalized spacial score (nSPS) is 14.3. The first-order chi connectivity index (χ1) is 7.15. The van der Waals surface area contributed by atoms with Crippen LogP contribution in [0.1, 0.15) is 0 Å². The quantitative estimate of drug-likeness (QED) is 0.581. The molecule has 0 aromatic carbocycles. The van der Waals surface area contributed by atoms with Crippen molar-refractivity contribution in [1.29, 1.82) is 0 Å². The molecule has 0 bridgehead atoms. The van der Waals surface area contributed by atoms with Crippen LogP contribution < -0.4 is 0 Å². The summed E-state index contributed by atoms with van der Waals surface area (Å²) in [5, 5.41) is 0. The van der Waals surface area contributed by atoms with Crippen molar-refractivity contribution in [2.75, 3.05) is 34.0 Å². The van der Waals surface area contributed by atoms with Gasteiger partial charge in [0.25, 0.3) is 0 Å². The van der Waals surface area contributed by atoms with Gasteiger partial charge in [-0.3, -0.25) is 9.59 Å². The van der Waals surface area contributed by atoms with E-state index in [9.17, 15) is 9.59 Å². The molecule has 6 nitrogen and oxygen atoms in total. The van der Waals surface area contributed by atoms with E-state index in [-0.39, 0.29) is 25.0 Å². The van der Waals surface area contributed by atoms with E-state index in [1.54, 1.807) is 22.2 Å². The summed E-state index contributed by atoms with van der Waals surface area (Å²) in [6.45, 7) is 0.861. The van der Waals surface area contributed by atoms with Crippen molar-refractivity contribution in [3.63, 3.8) is 0 Å². The number of hydrogen-bond acceptors (Lipinski definition) is 6. The molecule has 0 aromatic rings. The first-order valence-electron chi connectivity index (χ1n) is 4.45. The van der Waals surface area contributed by atoms with Crippen LogP contribution in [0.3, 0.4) is 0 Å². The summed E-state index contributed by atoms with van der Waals surface area (Å²) in [4.78, 5) is 25.4. The third-order valence-electron chi connectivity index (χ3n) is 1.97.